The van der Waals surface area contributed by atoms with Gasteiger partial charge in [0, 0.05) is 0 Å². The Morgan fingerprint density at radius 3 is 3.07 bits per heavy atom. The summed E-state index contributed by atoms with van der Waals surface area (Å²) < 4.78 is 0. The zero-order chi connectivity index (χ0) is 9.97. The molecule has 0 bridgehead atoms. The molecule has 2 atom stereocenters. The second-order valence-electron chi connectivity index (χ2n) is 4.51. The van der Waals surface area contributed by atoms with Gasteiger partial charge < -0.3 is 0 Å². The summed E-state index contributed by atoms with van der Waals surface area (Å²) in [7, 11) is 0. The third-order valence-corrected chi connectivity index (χ3v) is 3.63. The van der Waals surface area contributed by atoms with Crippen molar-refractivity contribution in [3.63, 3.8) is 0 Å². The van der Waals surface area contributed by atoms with Gasteiger partial charge in [0.05, 0.1) is 0 Å². The average molecular weight is 190 g/mol. The van der Waals surface area contributed by atoms with Crippen molar-refractivity contribution in [2.24, 2.45) is 11.8 Å². The van der Waals surface area contributed by atoms with E-state index in [-0.39, 0.29) is 0 Å². The average Bonchev–Trinajstić information content (AvgIpc) is 2.39. The maximum atomic E-state index is 11.0. The zero-order valence-corrected chi connectivity index (χ0v) is 8.83. The standard InChI is InChI=1S/C13H18O/c1-10-5-4-6-11(9-14)13-8-3-2-7-12(10)13/h4-5,9-10,12H,2-3,6-8H2,1H3/t10-,12-/m1/s1. The molecule has 0 N–H and O–H groups in total. The highest BCUT2D eigenvalue weighted by atomic mass is 16.1. The van der Waals surface area contributed by atoms with Gasteiger partial charge in [-0.05, 0) is 43.1 Å². The molecule has 76 valence electrons. The predicted molar refractivity (Wildman–Crippen MR) is 58.0 cm³/mol. The first kappa shape index (κ1) is 9.70. The first-order chi connectivity index (χ1) is 6.83. The second-order valence-corrected chi connectivity index (χ2v) is 4.51. The Labute approximate surface area is 85.9 Å². The molecule has 0 aromatic carbocycles. The van der Waals surface area contributed by atoms with Crippen LogP contribution in [-0.2, 0) is 4.79 Å². The van der Waals surface area contributed by atoms with Crippen molar-refractivity contribution < 1.29 is 4.79 Å². The second kappa shape index (κ2) is 4.12. The molecule has 0 aromatic heterocycles. The summed E-state index contributed by atoms with van der Waals surface area (Å²) in [4.78, 5) is 11.0. The molecule has 0 amide bonds. The molecule has 1 fully saturated rings. The largest absolute Gasteiger partial charge is 0.298 e. The molecule has 0 spiro atoms. The summed E-state index contributed by atoms with van der Waals surface area (Å²) in [5.41, 5.74) is 2.53. The van der Waals surface area contributed by atoms with Gasteiger partial charge in [-0.2, -0.15) is 0 Å². The van der Waals surface area contributed by atoms with Crippen LogP contribution in [0.4, 0.5) is 0 Å². The van der Waals surface area contributed by atoms with Crippen LogP contribution in [0.2, 0.25) is 0 Å². The maximum Gasteiger partial charge on any atom is 0.146 e. The summed E-state index contributed by atoms with van der Waals surface area (Å²) in [5, 5.41) is 0. The number of rotatable bonds is 1. The van der Waals surface area contributed by atoms with Gasteiger partial charge in [0.25, 0.3) is 0 Å². The van der Waals surface area contributed by atoms with Gasteiger partial charge in [-0.1, -0.05) is 31.1 Å². The molecule has 0 aromatic rings. The third-order valence-electron chi connectivity index (χ3n) is 3.63. The van der Waals surface area contributed by atoms with E-state index in [1.807, 2.05) is 0 Å². The molecular formula is C13H18O. The zero-order valence-electron chi connectivity index (χ0n) is 8.83. The van der Waals surface area contributed by atoms with Gasteiger partial charge in [0.1, 0.15) is 6.29 Å². The highest BCUT2D eigenvalue weighted by molar-refractivity contribution is 5.75. The Bertz CT molecular complexity index is 286. The molecule has 0 aliphatic heterocycles. The van der Waals surface area contributed by atoms with Gasteiger partial charge in [0.2, 0.25) is 0 Å². The highest BCUT2D eigenvalue weighted by Gasteiger charge is 2.26. The van der Waals surface area contributed by atoms with Crippen molar-refractivity contribution in [1.82, 2.24) is 0 Å². The van der Waals surface area contributed by atoms with Crippen molar-refractivity contribution in [2.75, 3.05) is 0 Å². The minimum atomic E-state index is 0.628. The molecular weight excluding hydrogens is 172 g/mol. The molecule has 0 saturated heterocycles. The lowest BCUT2D eigenvalue weighted by atomic mass is 9.76. The van der Waals surface area contributed by atoms with Crippen molar-refractivity contribution in [1.29, 1.82) is 0 Å². The van der Waals surface area contributed by atoms with E-state index in [1.54, 1.807) is 0 Å². The summed E-state index contributed by atoms with van der Waals surface area (Å²) in [5.74, 6) is 1.28. The lowest BCUT2D eigenvalue weighted by molar-refractivity contribution is -0.105. The van der Waals surface area contributed by atoms with Crippen molar-refractivity contribution >= 4 is 6.29 Å². The Morgan fingerprint density at radius 2 is 2.29 bits per heavy atom. The fourth-order valence-corrected chi connectivity index (χ4v) is 2.82. The third kappa shape index (κ3) is 1.68. The van der Waals surface area contributed by atoms with Gasteiger partial charge in [-0.3, -0.25) is 4.79 Å². The Balaban J connectivity index is 2.34. The number of aldehydes is 1. The minimum absolute atomic E-state index is 0.628. The van der Waals surface area contributed by atoms with E-state index in [0.29, 0.717) is 11.8 Å². The lowest BCUT2D eigenvalue weighted by Crippen LogP contribution is -2.17. The molecule has 14 heavy (non-hydrogen) atoms. The number of carbonyl (C=O) groups is 1. The van der Waals surface area contributed by atoms with Crippen LogP contribution in [0.5, 0.6) is 0 Å². The lowest BCUT2D eigenvalue weighted by Gasteiger charge is -2.29. The maximum absolute atomic E-state index is 11.0. The Hall–Kier alpha value is -0.850. The Morgan fingerprint density at radius 1 is 1.43 bits per heavy atom. The van der Waals surface area contributed by atoms with Gasteiger partial charge >= 0.3 is 0 Å². The summed E-state index contributed by atoms with van der Waals surface area (Å²) in [6, 6.07) is 0. The van der Waals surface area contributed by atoms with Crippen molar-refractivity contribution in [2.45, 2.75) is 39.0 Å². The van der Waals surface area contributed by atoms with E-state index in [9.17, 15) is 4.79 Å². The number of carbonyl (C=O) groups excluding carboxylic acids is 1. The molecule has 0 unspecified atom stereocenters. The van der Waals surface area contributed by atoms with Gasteiger partial charge in [-0.25, -0.2) is 0 Å². The van der Waals surface area contributed by atoms with Crippen molar-refractivity contribution in [3.05, 3.63) is 23.3 Å². The molecule has 1 nitrogen and oxygen atoms in total. The van der Waals surface area contributed by atoms with Crippen molar-refractivity contribution in [3.8, 4) is 0 Å². The van der Waals surface area contributed by atoms with Crippen LogP contribution in [0.15, 0.2) is 23.3 Å². The minimum Gasteiger partial charge on any atom is -0.298 e. The highest BCUT2D eigenvalue weighted by Crippen LogP contribution is 2.39. The number of allylic oxidation sites excluding steroid dienone is 4. The van der Waals surface area contributed by atoms with E-state index in [4.69, 9.17) is 0 Å². The van der Waals surface area contributed by atoms with E-state index < -0.39 is 0 Å². The van der Waals surface area contributed by atoms with Crippen LogP contribution >= 0.6 is 0 Å². The smallest absolute Gasteiger partial charge is 0.146 e. The molecule has 2 aliphatic rings. The van der Waals surface area contributed by atoms with Gasteiger partial charge in [0.15, 0.2) is 0 Å². The molecule has 1 saturated carbocycles. The fourth-order valence-electron chi connectivity index (χ4n) is 2.82. The summed E-state index contributed by atoms with van der Waals surface area (Å²) in [6.45, 7) is 2.28. The number of hydrogen-bond donors (Lipinski definition) is 0. The van der Waals surface area contributed by atoms with Crippen LogP contribution in [0.3, 0.4) is 0 Å². The monoisotopic (exact) mass is 190 g/mol. The molecule has 2 rings (SSSR count). The van der Waals surface area contributed by atoms with Crippen LogP contribution in [0.1, 0.15) is 39.0 Å². The van der Waals surface area contributed by atoms with E-state index in [2.05, 4.69) is 19.1 Å². The molecule has 0 heterocycles. The first-order valence-corrected chi connectivity index (χ1v) is 5.66. The fraction of sp³-hybridized carbons (Fsp3) is 0.615. The van der Waals surface area contributed by atoms with E-state index >= 15 is 0 Å². The van der Waals surface area contributed by atoms with Crippen LogP contribution in [0.25, 0.3) is 0 Å². The molecule has 2 aliphatic carbocycles. The molecule has 0 radical (unpaired) electrons. The summed E-state index contributed by atoms with van der Waals surface area (Å²) in [6.07, 6.45) is 11.4. The first-order valence-electron chi connectivity index (χ1n) is 5.66. The van der Waals surface area contributed by atoms with E-state index in [0.717, 1.165) is 24.7 Å². The Kier molecular flexibility index (Phi) is 2.85. The number of fused-ring (bicyclic) bond motifs is 1. The SMILES string of the molecule is C[C@@H]1C=CCC(C=O)=C2CCCC[C@@H]21. The number of hydrogen-bond acceptors (Lipinski definition) is 1. The quantitative estimate of drug-likeness (QED) is 0.458. The van der Waals surface area contributed by atoms with Crippen LogP contribution < -0.4 is 0 Å². The molecule has 1 heteroatoms. The summed E-state index contributed by atoms with van der Waals surface area (Å²) >= 11 is 0. The van der Waals surface area contributed by atoms with Gasteiger partial charge in [-0.15, -0.1) is 0 Å². The van der Waals surface area contributed by atoms with Crippen LogP contribution in [-0.4, -0.2) is 6.29 Å². The topological polar surface area (TPSA) is 17.1 Å². The predicted octanol–water partition coefficient (Wildman–Crippen LogP) is 3.27. The normalized spacial score (nSPS) is 32.4. The van der Waals surface area contributed by atoms with Crippen LogP contribution in [0, 0.1) is 11.8 Å². The van der Waals surface area contributed by atoms with E-state index in [1.165, 1.54) is 24.8 Å².